The van der Waals surface area contributed by atoms with E-state index in [9.17, 15) is 9.59 Å². The summed E-state index contributed by atoms with van der Waals surface area (Å²) < 4.78 is 5.21. The predicted molar refractivity (Wildman–Crippen MR) is 67.5 cm³/mol. The van der Waals surface area contributed by atoms with Crippen LogP contribution in [0.3, 0.4) is 0 Å². The highest BCUT2D eigenvalue weighted by Crippen LogP contribution is 2.21. The number of thiol groups is 1. The molecular formula is C12H13NO4S. The first-order valence-electron chi connectivity index (χ1n) is 5.47. The monoisotopic (exact) mass is 267 g/mol. The fourth-order valence-corrected chi connectivity index (χ4v) is 2.16. The smallest absolute Gasteiger partial charge is 0.330 e. The first kappa shape index (κ1) is 12.8. The predicted octanol–water partition coefficient (Wildman–Crippen LogP) is 0.974. The van der Waals surface area contributed by atoms with Crippen molar-refractivity contribution < 1.29 is 19.1 Å². The summed E-state index contributed by atoms with van der Waals surface area (Å²) in [5, 5.41) is 9.09. The molecule has 5 nitrogen and oxygen atoms in total. The summed E-state index contributed by atoms with van der Waals surface area (Å²) in [6.07, 6.45) is 3.69. The van der Waals surface area contributed by atoms with E-state index in [1.807, 2.05) is 6.07 Å². The van der Waals surface area contributed by atoms with E-state index in [0.29, 0.717) is 13.0 Å². The van der Waals surface area contributed by atoms with Gasteiger partial charge >= 0.3 is 5.97 Å². The Balaban J connectivity index is 2.12. The molecule has 0 radical (unpaired) electrons. The van der Waals surface area contributed by atoms with E-state index in [4.69, 9.17) is 9.52 Å². The Morgan fingerprint density at radius 3 is 2.89 bits per heavy atom. The van der Waals surface area contributed by atoms with Crippen molar-refractivity contribution in [3.05, 3.63) is 35.8 Å². The average molecular weight is 267 g/mol. The van der Waals surface area contributed by atoms with Gasteiger partial charge in [0.25, 0.3) is 0 Å². The number of carbonyl (C=O) groups is 2. The zero-order valence-electron chi connectivity index (χ0n) is 9.57. The molecule has 1 aliphatic rings. The fourth-order valence-electron chi connectivity index (χ4n) is 1.97. The maximum atomic E-state index is 11.6. The van der Waals surface area contributed by atoms with Crippen molar-refractivity contribution in [2.24, 2.45) is 0 Å². The molecule has 0 saturated carbocycles. The molecule has 6 heteroatoms. The second kappa shape index (κ2) is 5.30. The maximum Gasteiger partial charge on any atom is 0.330 e. The van der Waals surface area contributed by atoms with Crippen molar-refractivity contribution in [2.45, 2.75) is 12.5 Å². The van der Waals surface area contributed by atoms with Crippen molar-refractivity contribution in [2.75, 3.05) is 12.3 Å². The molecule has 1 amide bonds. The molecule has 18 heavy (non-hydrogen) atoms. The molecular weight excluding hydrogens is 254 g/mol. The van der Waals surface area contributed by atoms with Crippen LogP contribution in [-0.2, 0) is 16.0 Å². The fraction of sp³-hybridized carbons (Fsp3) is 0.333. The summed E-state index contributed by atoms with van der Waals surface area (Å²) in [6.45, 7) is 0.317. The number of amides is 1. The van der Waals surface area contributed by atoms with E-state index >= 15 is 0 Å². The Kier molecular flexibility index (Phi) is 3.76. The summed E-state index contributed by atoms with van der Waals surface area (Å²) in [7, 11) is 0. The van der Waals surface area contributed by atoms with Gasteiger partial charge in [0.1, 0.15) is 11.8 Å². The lowest BCUT2D eigenvalue weighted by atomic mass is 10.1. The molecule has 2 heterocycles. The van der Waals surface area contributed by atoms with Crippen molar-refractivity contribution in [1.82, 2.24) is 4.90 Å². The quantitative estimate of drug-likeness (QED) is 0.630. The zero-order chi connectivity index (χ0) is 13.1. The third-order valence-electron chi connectivity index (χ3n) is 2.79. The molecule has 0 unspecified atom stereocenters. The number of furan rings is 1. The topological polar surface area (TPSA) is 70.8 Å². The minimum atomic E-state index is -1.03. The molecule has 0 bridgehead atoms. The molecule has 1 atom stereocenters. The van der Waals surface area contributed by atoms with Gasteiger partial charge in [-0.3, -0.25) is 4.79 Å². The van der Waals surface area contributed by atoms with Crippen molar-refractivity contribution in [3.8, 4) is 0 Å². The number of carboxylic acids is 1. The van der Waals surface area contributed by atoms with Crippen LogP contribution in [0, 0.1) is 0 Å². The van der Waals surface area contributed by atoms with Gasteiger partial charge in [-0.2, -0.15) is 12.6 Å². The molecule has 1 N–H and O–H groups in total. The summed E-state index contributed by atoms with van der Waals surface area (Å²) in [6, 6.07) is 2.70. The Hall–Kier alpha value is -1.69. The Bertz CT molecular complexity index is 480. The standard InChI is InChI=1S/C12H13NO4S/c14-11(7-18)13-6-8(5-10(13)12(15)16)4-9-2-1-3-17-9/h1-3,5,10,18H,4,6-7H2,(H,15,16)/t10-/m0/s1. The Morgan fingerprint density at radius 1 is 1.56 bits per heavy atom. The van der Waals surface area contributed by atoms with E-state index in [-0.39, 0.29) is 11.7 Å². The van der Waals surface area contributed by atoms with Crippen LogP contribution in [0.1, 0.15) is 5.76 Å². The molecule has 0 fully saturated rings. The normalized spacial score (nSPS) is 18.8. The second-order valence-electron chi connectivity index (χ2n) is 4.04. The lowest BCUT2D eigenvalue weighted by Crippen LogP contribution is -2.41. The van der Waals surface area contributed by atoms with Gasteiger partial charge in [0, 0.05) is 13.0 Å². The minimum absolute atomic E-state index is 0.00561. The van der Waals surface area contributed by atoms with Crippen LogP contribution >= 0.6 is 12.6 Å². The Labute approximate surface area is 109 Å². The molecule has 0 aromatic carbocycles. The lowest BCUT2D eigenvalue weighted by molar-refractivity contribution is -0.146. The van der Waals surface area contributed by atoms with Crippen LogP contribution in [0.15, 0.2) is 34.5 Å². The Morgan fingerprint density at radius 2 is 2.33 bits per heavy atom. The first-order valence-corrected chi connectivity index (χ1v) is 6.10. The molecule has 1 aromatic heterocycles. The molecule has 1 aliphatic heterocycles. The second-order valence-corrected chi connectivity index (χ2v) is 4.36. The highest BCUT2D eigenvalue weighted by atomic mass is 32.1. The third-order valence-corrected chi connectivity index (χ3v) is 3.06. The van der Waals surface area contributed by atoms with Crippen LogP contribution in [0.4, 0.5) is 0 Å². The summed E-state index contributed by atoms with van der Waals surface area (Å²) in [5.41, 5.74) is 0.868. The largest absolute Gasteiger partial charge is 0.479 e. The van der Waals surface area contributed by atoms with E-state index in [1.165, 1.54) is 4.90 Å². The molecule has 2 rings (SSSR count). The average Bonchev–Trinajstić information content (AvgIpc) is 2.97. The van der Waals surface area contributed by atoms with E-state index in [1.54, 1.807) is 18.4 Å². The number of carbonyl (C=O) groups excluding carboxylic acids is 1. The van der Waals surface area contributed by atoms with Crippen molar-refractivity contribution in [1.29, 1.82) is 0 Å². The number of hydrogen-bond acceptors (Lipinski definition) is 4. The van der Waals surface area contributed by atoms with Crippen LogP contribution in [-0.4, -0.2) is 40.2 Å². The van der Waals surface area contributed by atoms with Gasteiger partial charge in [-0.1, -0.05) is 0 Å². The van der Waals surface area contributed by atoms with E-state index < -0.39 is 12.0 Å². The van der Waals surface area contributed by atoms with Crippen molar-refractivity contribution >= 4 is 24.5 Å². The van der Waals surface area contributed by atoms with Gasteiger partial charge in [-0.05, 0) is 23.8 Å². The maximum absolute atomic E-state index is 11.6. The third kappa shape index (κ3) is 2.59. The van der Waals surface area contributed by atoms with Crippen LogP contribution in [0.5, 0.6) is 0 Å². The van der Waals surface area contributed by atoms with Crippen molar-refractivity contribution in [3.63, 3.8) is 0 Å². The molecule has 1 aromatic rings. The van der Waals surface area contributed by atoms with Crippen LogP contribution in [0.2, 0.25) is 0 Å². The highest BCUT2D eigenvalue weighted by Gasteiger charge is 2.33. The minimum Gasteiger partial charge on any atom is -0.479 e. The van der Waals surface area contributed by atoms with E-state index in [0.717, 1.165) is 11.3 Å². The van der Waals surface area contributed by atoms with Gasteiger partial charge in [-0.15, -0.1) is 0 Å². The number of hydrogen-bond donors (Lipinski definition) is 2. The summed E-state index contributed by atoms with van der Waals surface area (Å²) >= 11 is 3.89. The van der Waals surface area contributed by atoms with Crippen LogP contribution < -0.4 is 0 Å². The number of carboxylic acid groups (broad SMARTS) is 1. The van der Waals surface area contributed by atoms with Crippen LogP contribution in [0.25, 0.3) is 0 Å². The van der Waals surface area contributed by atoms with Gasteiger partial charge < -0.3 is 14.4 Å². The van der Waals surface area contributed by atoms with E-state index in [2.05, 4.69) is 12.6 Å². The first-order chi connectivity index (χ1) is 8.61. The molecule has 0 saturated heterocycles. The lowest BCUT2D eigenvalue weighted by Gasteiger charge is -2.20. The van der Waals surface area contributed by atoms with Gasteiger partial charge in [0.2, 0.25) is 5.91 Å². The summed E-state index contributed by atoms with van der Waals surface area (Å²) in [4.78, 5) is 24.0. The number of rotatable bonds is 4. The van der Waals surface area contributed by atoms with Gasteiger partial charge in [0.05, 0.1) is 12.0 Å². The van der Waals surface area contributed by atoms with Gasteiger partial charge in [-0.25, -0.2) is 4.79 Å². The molecule has 0 aliphatic carbocycles. The number of nitrogens with zero attached hydrogens (tertiary/aromatic N) is 1. The highest BCUT2D eigenvalue weighted by molar-refractivity contribution is 7.81. The molecule has 0 spiro atoms. The summed E-state index contributed by atoms with van der Waals surface area (Å²) in [5.74, 6) is -0.548. The van der Waals surface area contributed by atoms with Gasteiger partial charge in [0.15, 0.2) is 0 Å². The SMILES string of the molecule is O=C(O)[C@@H]1C=C(Cc2ccco2)CN1C(=O)CS. The zero-order valence-corrected chi connectivity index (χ0v) is 10.5. The molecule has 96 valence electrons. The number of aliphatic carboxylic acids is 1.